The normalized spacial score (nSPS) is 55.2. The van der Waals surface area contributed by atoms with Gasteiger partial charge in [-0.15, -0.1) is 0 Å². The van der Waals surface area contributed by atoms with Crippen molar-refractivity contribution in [2.75, 3.05) is 0 Å². The Balaban J connectivity index is 1.62. The third kappa shape index (κ3) is 2.06. The van der Waals surface area contributed by atoms with Crippen LogP contribution >= 0.6 is 0 Å². The molecule has 0 heterocycles. The van der Waals surface area contributed by atoms with Crippen LogP contribution in [-0.2, 0) is 4.79 Å². The number of ketones is 1. The van der Waals surface area contributed by atoms with Gasteiger partial charge in [0.25, 0.3) is 0 Å². The van der Waals surface area contributed by atoms with Crippen LogP contribution in [-0.4, -0.2) is 16.5 Å². The van der Waals surface area contributed by atoms with Gasteiger partial charge in [0, 0.05) is 5.41 Å². The summed E-state index contributed by atoms with van der Waals surface area (Å²) >= 11 is 0. The molecule has 4 aliphatic carbocycles. The summed E-state index contributed by atoms with van der Waals surface area (Å²) < 4.78 is 0. The Kier molecular flexibility index (Phi) is 3.41. The lowest BCUT2D eigenvalue weighted by atomic mass is 9.44. The van der Waals surface area contributed by atoms with Crippen LogP contribution < -0.4 is 0 Å². The molecule has 2 heteroatoms. The number of aliphatic hydroxyl groups is 1. The zero-order valence-electron chi connectivity index (χ0n) is 15.0. The van der Waals surface area contributed by atoms with Crippen molar-refractivity contribution in [3.63, 3.8) is 0 Å². The standard InChI is InChI=1S/C21H32O2/c1-4-21(23)12-11-19(2)14(13-21)5-6-15-16-7-8-18(22)20(16,3)10-9-17(15)19/h7-8,14-17,23H,4-6,9-13H2,1-3H3/t14-,15-,16-,17-,19-,20-,21-/m0/s1. The number of carbonyl (C=O) groups excluding carboxylic acids is 1. The van der Waals surface area contributed by atoms with Gasteiger partial charge < -0.3 is 5.11 Å². The van der Waals surface area contributed by atoms with Crippen LogP contribution in [0, 0.1) is 34.5 Å². The highest BCUT2D eigenvalue weighted by molar-refractivity contribution is 5.97. The summed E-state index contributed by atoms with van der Waals surface area (Å²) in [5.41, 5.74) is -0.141. The molecule has 0 aromatic heterocycles. The maximum atomic E-state index is 12.4. The molecule has 4 aliphatic rings. The maximum Gasteiger partial charge on any atom is 0.161 e. The molecule has 128 valence electrons. The summed E-state index contributed by atoms with van der Waals surface area (Å²) in [5, 5.41) is 10.8. The van der Waals surface area contributed by atoms with Crippen molar-refractivity contribution in [2.45, 2.75) is 77.7 Å². The van der Waals surface area contributed by atoms with E-state index in [1.165, 1.54) is 25.7 Å². The van der Waals surface area contributed by atoms with Crippen LogP contribution in [0.3, 0.4) is 0 Å². The van der Waals surface area contributed by atoms with Gasteiger partial charge in [0.1, 0.15) is 0 Å². The molecule has 0 amide bonds. The van der Waals surface area contributed by atoms with Gasteiger partial charge in [-0.2, -0.15) is 0 Å². The van der Waals surface area contributed by atoms with E-state index in [1.54, 1.807) is 0 Å². The first-order valence-electron chi connectivity index (χ1n) is 9.77. The van der Waals surface area contributed by atoms with Crippen LogP contribution in [0.15, 0.2) is 12.2 Å². The van der Waals surface area contributed by atoms with Gasteiger partial charge in [0.2, 0.25) is 0 Å². The summed E-state index contributed by atoms with van der Waals surface area (Å²) in [7, 11) is 0. The number of hydrogen-bond donors (Lipinski definition) is 1. The van der Waals surface area contributed by atoms with E-state index in [-0.39, 0.29) is 5.41 Å². The monoisotopic (exact) mass is 316 g/mol. The number of carbonyl (C=O) groups is 1. The molecular formula is C21H32O2. The summed E-state index contributed by atoms with van der Waals surface area (Å²) in [6.45, 7) is 6.85. The van der Waals surface area contributed by atoms with E-state index in [9.17, 15) is 9.90 Å². The Labute approximate surface area is 140 Å². The van der Waals surface area contributed by atoms with Crippen LogP contribution in [0.2, 0.25) is 0 Å². The van der Waals surface area contributed by atoms with Crippen molar-refractivity contribution in [2.24, 2.45) is 34.5 Å². The molecule has 7 atom stereocenters. The molecule has 0 radical (unpaired) electrons. The van der Waals surface area contributed by atoms with Crippen LogP contribution in [0.4, 0.5) is 0 Å². The average Bonchev–Trinajstić information content (AvgIpc) is 2.84. The molecule has 1 N–H and O–H groups in total. The first kappa shape index (κ1) is 15.9. The van der Waals surface area contributed by atoms with Gasteiger partial charge in [-0.1, -0.05) is 26.8 Å². The fraction of sp³-hybridized carbons (Fsp3) is 0.857. The van der Waals surface area contributed by atoms with Crippen molar-refractivity contribution in [3.05, 3.63) is 12.2 Å². The van der Waals surface area contributed by atoms with Crippen molar-refractivity contribution in [1.29, 1.82) is 0 Å². The van der Waals surface area contributed by atoms with E-state index in [0.29, 0.717) is 29.0 Å². The molecule has 3 fully saturated rings. The van der Waals surface area contributed by atoms with Gasteiger partial charge in [-0.05, 0) is 86.5 Å². The third-order valence-electron chi connectivity index (χ3n) is 8.75. The maximum absolute atomic E-state index is 12.4. The van der Waals surface area contributed by atoms with Gasteiger partial charge in [0.15, 0.2) is 5.78 Å². The average molecular weight is 316 g/mol. The molecule has 3 saturated carbocycles. The predicted molar refractivity (Wildman–Crippen MR) is 91.9 cm³/mol. The fourth-order valence-electron chi connectivity index (χ4n) is 6.92. The lowest BCUT2D eigenvalue weighted by Gasteiger charge is -2.61. The second kappa shape index (κ2) is 4.94. The van der Waals surface area contributed by atoms with E-state index in [2.05, 4.69) is 26.8 Å². The minimum absolute atomic E-state index is 0.108. The zero-order chi connectivity index (χ0) is 16.5. The summed E-state index contributed by atoms with van der Waals surface area (Å²) in [5.74, 6) is 2.95. The highest BCUT2D eigenvalue weighted by Gasteiger charge is 2.60. The Bertz CT molecular complexity index is 552. The number of allylic oxidation sites excluding steroid dienone is 2. The van der Waals surface area contributed by atoms with Crippen molar-refractivity contribution in [3.8, 4) is 0 Å². The topological polar surface area (TPSA) is 37.3 Å². The second-order valence-corrected chi connectivity index (χ2v) is 9.54. The molecule has 0 aromatic rings. The van der Waals surface area contributed by atoms with Gasteiger partial charge in [0.05, 0.1) is 5.60 Å². The molecule has 0 aliphatic heterocycles. The van der Waals surface area contributed by atoms with E-state index in [4.69, 9.17) is 0 Å². The van der Waals surface area contributed by atoms with E-state index >= 15 is 0 Å². The van der Waals surface area contributed by atoms with Crippen LogP contribution in [0.5, 0.6) is 0 Å². The molecule has 0 spiro atoms. The summed E-state index contributed by atoms with van der Waals surface area (Å²) in [6.07, 6.45) is 12.9. The minimum Gasteiger partial charge on any atom is -0.390 e. The predicted octanol–water partition coefficient (Wildman–Crippen LogP) is 4.52. The lowest BCUT2D eigenvalue weighted by molar-refractivity contribution is -0.151. The first-order chi connectivity index (χ1) is 10.8. The fourth-order valence-corrected chi connectivity index (χ4v) is 6.92. The third-order valence-corrected chi connectivity index (χ3v) is 8.75. The second-order valence-electron chi connectivity index (χ2n) is 9.54. The quantitative estimate of drug-likeness (QED) is 0.772. The van der Waals surface area contributed by atoms with E-state index in [0.717, 1.165) is 31.6 Å². The van der Waals surface area contributed by atoms with Crippen LogP contribution in [0.25, 0.3) is 0 Å². The highest BCUT2D eigenvalue weighted by atomic mass is 16.3. The van der Waals surface area contributed by atoms with Crippen LogP contribution in [0.1, 0.15) is 72.1 Å². The number of hydrogen-bond acceptors (Lipinski definition) is 2. The van der Waals surface area contributed by atoms with Gasteiger partial charge in [-0.25, -0.2) is 0 Å². The Morgan fingerprint density at radius 2 is 1.96 bits per heavy atom. The Hall–Kier alpha value is -0.630. The Morgan fingerprint density at radius 3 is 2.70 bits per heavy atom. The highest BCUT2D eigenvalue weighted by Crippen LogP contribution is 2.65. The lowest BCUT2D eigenvalue weighted by Crippen LogP contribution is -2.56. The van der Waals surface area contributed by atoms with Gasteiger partial charge in [-0.3, -0.25) is 4.79 Å². The molecule has 2 nitrogen and oxygen atoms in total. The smallest absolute Gasteiger partial charge is 0.161 e. The van der Waals surface area contributed by atoms with Crippen molar-refractivity contribution in [1.82, 2.24) is 0 Å². The van der Waals surface area contributed by atoms with E-state index < -0.39 is 5.60 Å². The van der Waals surface area contributed by atoms with Crippen molar-refractivity contribution < 1.29 is 9.90 Å². The number of fused-ring (bicyclic) bond motifs is 5. The van der Waals surface area contributed by atoms with E-state index in [1.807, 2.05) is 6.08 Å². The molecular weight excluding hydrogens is 284 g/mol. The molecule has 0 aromatic carbocycles. The summed E-state index contributed by atoms with van der Waals surface area (Å²) in [4.78, 5) is 12.4. The van der Waals surface area contributed by atoms with Gasteiger partial charge >= 0.3 is 0 Å². The molecule has 0 unspecified atom stereocenters. The Morgan fingerprint density at radius 1 is 1.17 bits per heavy atom. The molecule has 4 rings (SSSR count). The number of rotatable bonds is 1. The summed E-state index contributed by atoms with van der Waals surface area (Å²) in [6, 6.07) is 0. The SMILES string of the molecule is CC[C@]1(O)CC[C@@]2(C)[C@@H](CC[C@@H]3[C@@H]2CC[C@]2(C)C(=O)C=C[C@@H]32)C1. The van der Waals surface area contributed by atoms with Crippen molar-refractivity contribution >= 4 is 5.78 Å². The molecule has 23 heavy (non-hydrogen) atoms. The zero-order valence-corrected chi connectivity index (χ0v) is 15.0. The molecule has 0 bridgehead atoms. The first-order valence-corrected chi connectivity index (χ1v) is 9.77. The largest absolute Gasteiger partial charge is 0.390 e. The minimum atomic E-state index is -0.413. The molecule has 0 saturated heterocycles.